The lowest BCUT2D eigenvalue weighted by molar-refractivity contribution is -0.384. The lowest BCUT2D eigenvalue weighted by Crippen LogP contribution is -2.39. The molecule has 0 bridgehead atoms. The fraction of sp³-hybridized carbons (Fsp3) is 0.412. The number of nitro benzene ring substituents is 1. The first-order chi connectivity index (χ1) is 11.5. The molecule has 7 heteroatoms. The molecule has 1 saturated heterocycles. The van der Waals surface area contributed by atoms with Gasteiger partial charge in [0.1, 0.15) is 0 Å². The van der Waals surface area contributed by atoms with Gasteiger partial charge in [-0.2, -0.15) is 4.31 Å². The van der Waals surface area contributed by atoms with Crippen molar-refractivity contribution in [3.8, 4) is 0 Å². The van der Waals surface area contributed by atoms with Crippen molar-refractivity contribution in [1.82, 2.24) is 4.31 Å². The Morgan fingerprint density at radius 2 is 1.62 bits per heavy atom. The number of benzene rings is 1. The molecule has 24 heavy (non-hydrogen) atoms. The van der Waals surface area contributed by atoms with Gasteiger partial charge in [-0.15, -0.1) is 0 Å². The highest BCUT2D eigenvalue weighted by atomic mass is 32.2. The Morgan fingerprint density at radius 3 is 2.17 bits per heavy atom. The minimum Gasteiger partial charge on any atom is -0.258 e. The van der Waals surface area contributed by atoms with Crippen molar-refractivity contribution in [3.63, 3.8) is 0 Å². The SMILES string of the molecule is O=[N+]([O-])c1ccc(S(=O)(=O)N2CCC(C3C=CCC=C3)CC2)cc1. The lowest BCUT2D eigenvalue weighted by atomic mass is 9.83. The molecular formula is C17H20N2O4S. The second-order valence-corrected chi connectivity index (χ2v) is 8.10. The number of sulfonamides is 1. The number of piperidine rings is 1. The van der Waals surface area contributed by atoms with Crippen molar-refractivity contribution in [2.45, 2.75) is 24.2 Å². The van der Waals surface area contributed by atoms with Gasteiger partial charge in [0, 0.05) is 25.2 Å². The maximum absolute atomic E-state index is 12.7. The maximum Gasteiger partial charge on any atom is 0.269 e. The van der Waals surface area contributed by atoms with E-state index in [1.165, 1.54) is 28.6 Å². The van der Waals surface area contributed by atoms with Crippen molar-refractivity contribution in [2.24, 2.45) is 11.8 Å². The monoisotopic (exact) mass is 348 g/mol. The predicted molar refractivity (Wildman–Crippen MR) is 91.0 cm³/mol. The first kappa shape index (κ1) is 16.9. The van der Waals surface area contributed by atoms with Crippen LogP contribution in [0.5, 0.6) is 0 Å². The van der Waals surface area contributed by atoms with Crippen molar-refractivity contribution in [1.29, 1.82) is 0 Å². The highest BCUT2D eigenvalue weighted by Gasteiger charge is 2.31. The van der Waals surface area contributed by atoms with Crippen LogP contribution in [-0.2, 0) is 10.0 Å². The van der Waals surface area contributed by atoms with Crippen LogP contribution >= 0.6 is 0 Å². The number of rotatable bonds is 4. The third-order valence-corrected chi connectivity index (χ3v) is 6.63. The number of non-ortho nitro benzene ring substituents is 1. The van der Waals surface area contributed by atoms with E-state index >= 15 is 0 Å². The molecule has 6 nitrogen and oxygen atoms in total. The summed E-state index contributed by atoms with van der Waals surface area (Å²) in [6.07, 6.45) is 11.4. The van der Waals surface area contributed by atoms with Crippen molar-refractivity contribution in [3.05, 3.63) is 58.7 Å². The summed E-state index contributed by atoms with van der Waals surface area (Å²) >= 11 is 0. The molecule has 1 aliphatic heterocycles. The van der Waals surface area contributed by atoms with Gasteiger partial charge in [0.15, 0.2) is 0 Å². The average molecular weight is 348 g/mol. The summed E-state index contributed by atoms with van der Waals surface area (Å²) in [7, 11) is -3.58. The standard InChI is InChI=1S/C17H20N2O4S/c20-19(21)16-6-8-17(9-7-16)24(22,23)18-12-10-15(11-13-18)14-4-2-1-3-5-14/h2-9,14-15H,1,10-13H2. The Balaban J connectivity index is 1.68. The van der Waals surface area contributed by atoms with Crippen LogP contribution in [0.4, 0.5) is 5.69 Å². The number of allylic oxidation sites excluding steroid dienone is 4. The van der Waals surface area contributed by atoms with Gasteiger partial charge in [0.2, 0.25) is 10.0 Å². The summed E-state index contributed by atoms with van der Waals surface area (Å²) in [6.45, 7) is 0.977. The second-order valence-electron chi connectivity index (χ2n) is 6.16. The molecule has 1 heterocycles. The summed E-state index contributed by atoms with van der Waals surface area (Å²) in [5, 5.41) is 10.7. The molecule has 0 N–H and O–H groups in total. The molecule has 0 amide bonds. The maximum atomic E-state index is 12.7. The first-order valence-corrected chi connectivity index (χ1v) is 9.50. The summed E-state index contributed by atoms with van der Waals surface area (Å²) in [5.74, 6) is 0.879. The molecule has 0 radical (unpaired) electrons. The zero-order valence-corrected chi connectivity index (χ0v) is 14.1. The molecule has 1 aliphatic carbocycles. The van der Waals surface area contributed by atoms with E-state index in [0.29, 0.717) is 24.9 Å². The van der Waals surface area contributed by atoms with Crippen molar-refractivity contribution in [2.75, 3.05) is 13.1 Å². The zero-order valence-electron chi connectivity index (χ0n) is 13.2. The van der Waals surface area contributed by atoms with Crippen molar-refractivity contribution >= 4 is 15.7 Å². The molecule has 0 aromatic heterocycles. The van der Waals surface area contributed by atoms with Gasteiger partial charge in [-0.3, -0.25) is 10.1 Å². The average Bonchev–Trinajstić information content (AvgIpc) is 2.62. The fourth-order valence-electron chi connectivity index (χ4n) is 3.32. The van der Waals surface area contributed by atoms with Crippen LogP contribution in [-0.4, -0.2) is 30.7 Å². The molecule has 0 spiro atoms. The molecule has 3 rings (SSSR count). The summed E-state index contributed by atoms with van der Waals surface area (Å²) in [4.78, 5) is 10.3. The van der Waals surface area contributed by atoms with E-state index in [2.05, 4.69) is 24.3 Å². The van der Waals surface area contributed by atoms with E-state index < -0.39 is 14.9 Å². The van der Waals surface area contributed by atoms with Crippen LogP contribution in [0.2, 0.25) is 0 Å². The van der Waals surface area contributed by atoms with Crippen LogP contribution in [0, 0.1) is 22.0 Å². The molecule has 2 aliphatic rings. The number of hydrogen-bond donors (Lipinski definition) is 0. The fourth-order valence-corrected chi connectivity index (χ4v) is 4.79. The number of hydrogen-bond acceptors (Lipinski definition) is 4. The molecular weight excluding hydrogens is 328 g/mol. The van der Waals surface area contributed by atoms with Gasteiger partial charge in [0.25, 0.3) is 5.69 Å². The van der Waals surface area contributed by atoms with Gasteiger partial charge in [-0.1, -0.05) is 24.3 Å². The third-order valence-electron chi connectivity index (χ3n) is 4.72. The van der Waals surface area contributed by atoms with E-state index in [1.54, 1.807) is 0 Å². The van der Waals surface area contributed by atoms with Gasteiger partial charge >= 0.3 is 0 Å². The summed E-state index contributed by atoms with van der Waals surface area (Å²) in [5.41, 5.74) is -0.108. The molecule has 0 atom stereocenters. The van der Waals surface area contributed by atoms with Crippen LogP contribution in [0.1, 0.15) is 19.3 Å². The normalized spacial score (nSPS) is 20.3. The predicted octanol–water partition coefficient (Wildman–Crippen LogP) is 3.13. The van der Waals surface area contributed by atoms with E-state index in [0.717, 1.165) is 19.3 Å². The minimum atomic E-state index is -3.58. The topological polar surface area (TPSA) is 80.5 Å². The van der Waals surface area contributed by atoms with E-state index in [4.69, 9.17) is 0 Å². The van der Waals surface area contributed by atoms with Crippen LogP contribution in [0.15, 0.2) is 53.5 Å². The third kappa shape index (κ3) is 3.42. The molecule has 1 aromatic rings. The Bertz CT molecular complexity index is 748. The summed E-state index contributed by atoms with van der Waals surface area (Å²) < 4.78 is 26.8. The molecule has 0 unspecified atom stereocenters. The highest BCUT2D eigenvalue weighted by molar-refractivity contribution is 7.89. The minimum absolute atomic E-state index is 0.108. The Morgan fingerprint density at radius 1 is 1.04 bits per heavy atom. The Hall–Kier alpha value is -1.99. The Kier molecular flexibility index (Phi) is 4.82. The lowest BCUT2D eigenvalue weighted by Gasteiger charge is -2.34. The smallest absolute Gasteiger partial charge is 0.258 e. The first-order valence-electron chi connectivity index (χ1n) is 8.06. The Labute approximate surface area is 141 Å². The number of nitro groups is 1. The van der Waals surface area contributed by atoms with Gasteiger partial charge in [-0.05, 0) is 43.2 Å². The van der Waals surface area contributed by atoms with Gasteiger partial charge in [0.05, 0.1) is 9.82 Å². The van der Waals surface area contributed by atoms with E-state index in [9.17, 15) is 18.5 Å². The van der Waals surface area contributed by atoms with Crippen LogP contribution in [0.3, 0.4) is 0 Å². The zero-order chi connectivity index (χ0) is 17.2. The van der Waals surface area contributed by atoms with Crippen LogP contribution in [0.25, 0.3) is 0 Å². The largest absolute Gasteiger partial charge is 0.269 e. The molecule has 1 aromatic carbocycles. The van der Waals surface area contributed by atoms with Gasteiger partial charge in [-0.25, -0.2) is 8.42 Å². The number of nitrogens with zero attached hydrogens (tertiary/aromatic N) is 2. The summed E-state index contributed by atoms with van der Waals surface area (Å²) in [6, 6.07) is 5.09. The van der Waals surface area contributed by atoms with Crippen LogP contribution < -0.4 is 0 Å². The highest BCUT2D eigenvalue weighted by Crippen LogP contribution is 2.31. The second kappa shape index (κ2) is 6.86. The van der Waals surface area contributed by atoms with E-state index in [1.807, 2.05) is 0 Å². The molecule has 1 fully saturated rings. The molecule has 128 valence electrons. The van der Waals surface area contributed by atoms with Gasteiger partial charge < -0.3 is 0 Å². The quantitative estimate of drug-likeness (QED) is 0.476. The molecule has 0 saturated carbocycles. The van der Waals surface area contributed by atoms with E-state index in [-0.39, 0.29) is 10.6 Å². The van der Waals surface area contributed by atoms with Crippen molar-refractivity contribution < 1.29 is 13.3 Å².